The van der Waals surface area contributed by atoms with Gasteiger partial charge in [-0.2, -0.15) is 0 Å². The van der Waals surface area contributed by atoms with E-state index in [1.807, 2.05) is 112 Å². The number of anilines is 6. The minimum absolute atomic E-state index is 0.0361. The molecule has 0 N–H and O–H groups in total. The highest BCUT2D eigenvalue weighted by atomic mass is 16.5. The summed E-state index contributed by atoms with van der Waals surface area (Å²) in [6.45, 7) is -1.43. The second kappa shape index (κ2) is 16.6. The number of benzene rings is 11. The van der Waals surface area contributed by atoms with Gasteiger partial charge in [-0.25, -0.2) is 9.97 Å². The van der Waals surface area contributed by atoms with E-state index in [-0.39, 0.29) is 34.4 Å². The van der Waals surface area contributed by atoms with Crippen molar-refractivity contribution in [3.05, 3.63) is 254 Å². The number of aromatic nitrogens is 4. The molecule has 362 valence electrons. The van der Waals surface area contributed by atoms with Crippen LogP contribution in [0.2, 0.25) is 0 Å². The molecule has 0 amide bonds. The molecule has 8 nitrogen and oxygen atoms in total. The Kier molecular flexibility index (Phi) is 5.96. The minimum Gasteiger partial charge on any atom is -0.458 e. The molecular weight excluding hydrogens is 954 g/mol. The summed E-state index contributed by atoms with van der Waals surface area (Å²) >= 11 is 0. The lowest BCUT2D eigenvalue weighted by molar-refractivity contribution is 0.465. The first-order chi connectivity index (χ1) is 47.0. The quantitative estimate of drug-likeness (QED) is 0.141. The van der Waals surface area contributed by atoms with Crippen molar-refractivity contribution in [2.24, 2.45) is 0 Å². The molecule has 0 spiro atoms. The summed E-state index contributed by atoms with van der Waals surface area (Å²) in [6, 6.07) is 25.6. The van der Waals surface area contributed by atoms with Gasteiger partial charge in [0.25, 0.3) is 13.4 Å². The Morgan fingerprint density at radius 2 is 0.744 bits per heavy atom. The Morgan fingerprint density at radius 1 is 0.359 bits per heavy atom. The van der Waals surface area contributed by atoms with Gasteiger partial charge in [-0.05, 0) is 105 Å². The topological polar surface area (TPSA) is 60.6 Å². The van der Waals surface area contributed by atoms with E-state index in [1.54, 1.807) is 18.2 Å². The SMILES string of the molecule is [2H]c1c([2H])c([2H])c(N(c2cc3c4c(c2)-n2c(-c5ccccc5)nc5cccc(c52)B4c2cc4c(cc2O3)Oc2cc(N(c3c([2H])c([2H])c([2H])c([2H])c3[2H])c3c([2H])c([2H])c([2H])c([2H])c3[2H])cc3c2B4c2cccc4nc(-c5ccccc5)n-3c24)c2c([2H])c([2H])c([2H])c([2H])c2[2H])c([2H])c1[2H]. The third-order valence-electron chi connectivity index (χ3n) is 14.9. The van der Waals surface area contributed by atoms with Gasteiger partial charge in [0.1, 0.15) is 34.6 Å². The van der Waals surface area contributed by atoms with Crippen molar-refractivity contribution >= 4 is 102 Å². The zero-order valence-electron chi connectivity index (χ0n) is 60.4. The van der Waals surface area contributed by atoms with Gasteiger partial charge in [0.2, 0.25) is 0 Å². The van der Waals surface area contributed by atoms with Crippen LogP contribution in [0.15, 0.2) is 254 Å². The van der Waals surface area contributed by atoms with Crippen LogP contribution in [0, 0.1) is 0 Å². The lowest BCUT2D eigenvalue weighted by Gasteiger charge is -2.38. The molecule has 0 radical (unpaired) electrons. The first-order valence-electron chi connectivity index (χ1n) is 34.9. The van der Waals surface area contributed by atoms with E-state index in [0.717, 1.165) is 20.7 Å². The van der Waals surface area contributed by atoms with Crippen molar-refractivity contribution in [3.8, 4) is 57.1 Å². The Morgan fingerprint density at radius 3 is 1.13 bits per heavy atom. The summed E-state index contributed by atoms with van der Waals surface area (Å²) in [4.78, 5) is 12.7. The molecule has 17 rings (SSSR count). The Bertz CT molecular complexity index is 5240. The standard InChI is InChI=1S/C68H42B2N6O2/c1-7-21-43(22-8-1)67-71-55-35-19-33-51-65(55)75(67)57-37-49(73(45-25-11-3-12-26-45)46-27-13-4-14-28-46)39-61-63(57)69(51)53-41-54-60(42-59(53)77-61)78-62-40-50(74(47-29-15-5-16-30-47)48-31-17-6-18-32-48)38-58-64(62)70(54)52-34-20-36-56-66(52)76(58)68(72-56)44-23-9-2-10-24-44/h1-42H/i3D,4D,5D,6D,11D,12D,13D,14D,15D,16D,17D,18D,25D,26D,27D,28D,29D,30D,31D,32D. The number of para-hydroxylation sites is 6. The number of imidazole rings is 2. The summed E-state index contributed by atoms with van der Waals surface area (Å²) in [5.74, 6) is 1.72. The van der Waals surface area contributed by atoms with E-state index in [4.69, 9.17) is 35.9 Å². The summed E-state index contributed by atoms with van der Waals surface area (Å²) < 4.78 is 199. The van der Waals surface area contributed by atoms with E-state index >= 15 is 0 Å². The van der Waals surface area contributed by atoms with Gasteiger partial charge >= 0.3 is 0 Å². The molecule has 0 atom stereocenters. The van der Waals surface area contributed by atoms with Crippen LogP contribution in [0.25, 0.3) is 56.2 Å². The molecule has 0 fully saturated rings. The zero-order chi connectivity index (χ0) is 68.4. The molecule has 0 aliphatic carbocycles. The Balaban J connectivity index is 0.960. The molecule has 4 aliphatic rings. The lowest BCUT2D eigenvalue weighted by atomic mass is 9.31. The molecule has 10 heteroatoms. The molecule has 4 aliphatic heterocycles. The van der Waals surface area contributed by atoms with Crippen molar-refractivity contribution < 1.29 is 36.9 Å². The first-order valence-corrected chi connectivity index (χ1v) is 24.9. The van der Waals surface area contributed by atoms with Crippen molar-refractivity contribution in [1.29, 1.82) is 0 Å². The molecule has 78 heavy (non-hydrogen) atoms. The van der Waals surface area contributed by atoms with Crippen LogP contribution in [0.3, 0.4) is 0 Å². The van der Waals surface area contributed by atoms with E-state index in [0.29, 0.717) is 78.1 Å². The molecule has 0 saturated heterocycles. The number of ether oxygens (including phenoxy) is 2. The summed E-state index contributed by atoms with van der Waals surface area (Å²) in [5, 5.41) is 0. The van der Waals surface area contributed by atoms with Crippen molar-refractivity contribution in [2.75, 3.05) is 9.80 Å². The molecule has 0 unspecified atom stereocenters. The van der Waals surface area contributed by atoms with Crippen LogP contribution in [0.1, 0.15) is 27.4 Å². The summed E-state index contributed by atoms with van der Waals surface area (Å²) in [7, 11) is 0. The largest absolute Gasteiger partial charge is 0.458 e. The van der Waals surface area contributed by atoms with Gasteiger partial charge in [0.05, 0.1) is 60.9 Å². The second-order valence-electron chi connectivity index (χ2n) is 19.0. The van der Waals surface area contributed by atoms with Crippen LogP contribution < -0.4 is 52.1 Å². The smallest absolute Gasteiger partial charge is 0.256 e. The number of hydrogen-bond donors (Lipinski definition) is 0. The van der Waals surface area contributed by atoms with Crippen molar-refractivity contribution in [2.45, 2.75) is 0 Å². The first kappa shape index (κ1) is 28.0. The van der Waals surface area contributed by atoms with Gasteiger partial charge in [0, 0.05) is 63.5 Å². The van der Waals surface area contributed by atoms with Gasteiger partial charge in [-0.3, -0.25) is 9.13 Å². The molecule has 13 aromatic rings. The minimum atomic E-state index is -0.753. The van der Waals surface area contributed by atoms with Crippen molar-refractivity contribution in [1.82, 2.24) is 19.1 Å². The van der Waals surface area contributed by atoms with E-state index in [1.165, 1.54) is 12.1 Å². The van der Waals surface area contributed by atoms with Crippen LogP contribution in [-0.2, 0) is 0 Å². The number of fused-ring (bicyclic) bond motifs is 8. The van der Waals surface area contributed by atoms with Crippen LogP contribution in [-0.4, -0.2) is 32.5 Å². The highest BCUT2D eigenvalue weighted by Gasteiger charge is 2.46. The fourth-order valence-electron chi connectivity index (χ4n) is 12.0. The molecule has 0 bridgehead atoms. The van der Waals surface area contributed by atoms with Crippen LogP contribution >= 0.6 is 0 Å². The predicted octanol–water partition coefficient (Wildman–Crippen LogP) is 12.5. The molecular formula is C68H42B2N6O2. The van der Waals surface area contributed by atoms with E-state index < -0.39 is 157 Å². The van der Waals surface area contributed by atoms with Gasteiger partial charge < -0.3 is 19.3 Å². The zero-order valence-corrected chi connectivity index (χ0v) is 40.4. The monoisotopic (exact) mass is 1020 g/mol. The molecule has 11 aromatic carbocycles. The maximum atomic E-state index is 9.40. The average Bonchev–Trinajstić information content (AvgIpc) is 1.29. The normalized spacial score (nSPS) is 16.4. The third kappa shape index (κ3) is 6.25. The number of hydrogen-bond acceptors (Lipinski definition) is 6. The maximum Gasteiger partial charge on any atom is 0.256 e. The van der Waals surface area contributed by atoms with Gasteiger partial charge in [0.15, 0.2) is 0 Å². The third-order valence-corrected chi connectivity index (χ3v) is 14.9. The fourth-order valence-corrected chi connectivity index (χ4v) is 12.0. The average molecular weight is 1020 g/mol. The Hall–Kier alpha value is -10.3. The van der Waals surface area contributed by atoms with Crippen molar-refractivity contribution in [3.63, 3.8) is 0 Å². The molecule has 2 aromatic heterocycles. The van der Waals surface area contributed by atoms with Crippen LogP contribution in [0.5, 0.6) is 23.0 Å². The maximum absolute atomic E-state index is 9.40. The van der Waals surface area contributed by atoms with E-state index in [9.17, 15) is 11.0 Å². The highest BCUT2D eigenvalue weighted by Crippen LogP contribution is 2.46. The predicted molar refractivity (Wildman–Crippen MR) is 318 cm³/mol. The summed E-state index contributed by atoms with van der Waals surface area (Å²) in [5.41, 5.74) is 6.59. The molecule has 6 heterocycles. The summed E-state index contributed by atoms with van der Waals surface area (Å²) in [6.07, 6.45) is 0. The fraction of sp³-hybridized carbons (Fsp3) is 0. The van der Waals surface area contributed by atoms with Gasteiger partial charge in [-0.1, -0.05) is 164 Å². The lowest BCUT2D eigenvalue weighted by Crippen LogP contribution is -2.62. The van der Waals surface area contributed by atoms with Gasteiger partial charge in [-0.15, -0.1) is 0 Å². The van der Waals surface area contributed by atoms with Crippen LogP contribution in [0.4, 0.5) is 34.1 Å². The second-order valence-corrected chi connectivity index (χ2v) is 19.0. The number of nitrogens with zero attached hydrogens (tertiary/aromatic N) is 6. The number of rotatable bonds is 8. The highest BCUT2D eigenvalue weighted by molar-refractivity contribution is 7.02. The Labute approximate surface area is 478 Å². The molecule has 0 saturated carbocycles. The van der Waals surface area contributed by atoms with E-state index in [2.05, 4.69) is 0 Å².